The highest BCUT2D eigenvalue weighted by Gasteiger charge is 1.96. The van der Waals surface area contributed by atoms with Crippen molar-refractivity contribution >= 4 is 67.8 Å². The number of hydroxylamine groups is 1. The second-order valence-corrected chi connectivity index (χ2v) is 13.6. The number of amides is 6. The Hall–Kier alpha value is -4.70. The van der Waals surface area contributed by atoms with Gasteiger partial charge in [0.1, 0.15) is 11.6 Å². The molecule has 0 aliphatic carbocycles. The van der Waals surface area contributed by atoms with Crippen molar-refractivity contribution in [2.24, 2.45) is 0 Å². The normalized spacial score (nSPS) is 7.01. The fourth-order valence-electron chi connectivity index (χ4n) is 0.779. The first-order valence-corrected chi connectivity index (χ1v) is 21.4. The van der Waals surface area contributed by atoms with Crippen molar-refractivity contribution in [2.45, 2.75) is 163 Å². The fourth-order valence-corrected chi connectivity index (χ4v) is 0.983. The Kier molecular flexibility index (Phi) is 225. The van der Waals surface area contributed by atoms with Gasteiger partial charge in [0.05, 0.1) is 20.5 Å². The predicted octanol–water partition coefficient (Wildman–Crippen LogP) is 6.65. The molecule has 0 aromatic rings. The number of urea groups is 1. The number of Topliss-reactive ketones (excluding diaryl/α,β-unsaturated/α-hetero) is 2. The third-order valence-corrected chi connectivity index (χ3v) is 5.82. The second-order valence-electron chi connectivity index (χ2n) is 9.78. The van der Waals surface area contributed by atoms with Crippen LogP contribution in [0.25, 0.3) is 0 Å². The van der Waals surface area contributed by atoms with Gasteiger partial charge in [-0.2, -0.15) is 13.9 Å². The summed E-state index contributed by atoms with van der Waals surface area (Å²) in [5.41, 5.74) is 2.24. The van der Waals surface area contributed by atoms with Gasteiger partial charge in [0, 0.05) is 89.6 Å². The van der Waals surface area contributed by atoms with Gasteiger partial charge in [0.15, 0.2) is 0 Å². The number of methoxy groups -OCH3 is 2. The highest BCUT2D eigenvalue weighted by atomic mass is 32.2. The Bertz CT molecular complexity index is 1160. The Morgan fingerprint density at radius 2 is 0.732 bits per heavy atom. The van der Waals surface area contributed by atoms with Crippen LogP contribution in [0.4, 0.5) is 14.4 Å². The van der Waals surface area contributed by atoms with E-state index < -0.39 is 32.4 Å². The summed E-state index contributed by atoms with van der Waals surface area (Å²) < 4.78 is 54.5. The van der Waals surface area contributed by atoms with E-state index in [9.17, 15) is 55.2 Å². The van der Waals surface area contributed by atoms with E-state index in [0.29, 0.717) is 19.4 Å². The highest BCUT2D eigenvalue weighted by Crippen LogP contribution is 1.72. The lowest BCUT2D eigenvalue weighted by atomic mass is 10.4. The number of hydrogen-bond donors (Lipinski definition) is 10. The Morgan fingerprint density at radius 3 is 0.775 bits per heavy atom. The number of carbonyl (C=O) groups excluding carboxylic acids is 8. The van der Waals surface area contributed by atoms with E-state index in [1.165, 1.54) is 83.6 Å². The largest absolute Gasteiger partial charge is 0.469 e. The molecular formula is C44H124N10O15S2. The summed E-state index contributed by atoms with van der Waals surface area (Å²) in [4.78, 5) is 83.0. The minimum absolute atomic E-state index is 0. The number of alkyl carbamates (subject to hydrolysis) is 1. The molecule has 0 aromatic heterocycles. The molecule has 0 atom stereocenters. The van der Waals surface area contributed by atoms with Crippen LogP contribution < -0.4 is 51.5 Å². The van der Waals surface area contributed by atoms with Crippen LogP contribution in [0.5, 0.6) is 0 Å². The highest BCUT2D eigenvalue weighted by molar-refractivity contribution is 7.88. The summed E-state index contributed by atoms with van der Waals surface area (Å²) in [5.74, 6) is 0.273. The maximum Gasteiger partial charge on any atom is 0.426 e. The Labute approximate surface area is 440 Å². The van der Waals surface area contributed by atoms with Gasteiger partial charge in [-0.3, -0.25) is 14.4 Å². The minimum atomic E-state index is -3.16. The number of rotatable bonds is 7. The van der Waals surface area contributed by atoms with Crippen LogP contribution in [0, 0.1) is 0 Å². The molecule has 6 amide bonds. The van der Waals surface area contributed by atoms with Gasteiger partial charge in [-0.1, -0.05) is 108 Å². The van der Waals surface area contributed by atoms with E-state index in [1.54, 1.807) is 35.1 Å². The SMILES string of the molecule is C.C.C.C.C.C.C.C.C.C.CC(C)=O.CCC.CCC(=O)NC.CCC(C)=O.CCNC(=O)ONC.CNC(=O)NC.CNC(=O)OC.CNC(C)=O.CNS(=O)(=O)NC.CNS(C)(=O)=O.COC(C)=O. The summed E-state index contributed by atoms with van der Waals surface area (Å²) in [5, 5.41) is 14.3. The van der Waals surface area contributed by atoms with Crippen molar-refractivity contribution in [2.75, 3.05) is 90.4 Å². The molecule has 0 spiro atoms. The van der Waals surface area contributed by atoms with Crippen molar-refractivity contribution in [3.05, 3.63) is 0 Å². The molecule has 27 heteroatoms. The summed E-state index contributed by atoms with van der Waals surface area (Å²) >= 11 is 0. The lowest BCUT2D eigenvalue weighted by molar-refractivity contribution is -0.138. The van der Waals surface area contributed by atoms with Gasteiger partial charge < -0.3 is 55.8 Å². The number of sulfonamides is 1. The molecule has 0 saturated carbocycles. The molecule has 0 rings (SSSR count). The van der Waals surface area contributed by atoms with Crippen LogP contribution in [0.2, 0.25) is 0 Å². The lowest BCUT2D eigenvalue weighted by Gasteiger charge is -1.99. The molecule has 0 aliphatic heterocycles. The summed E-state index contributed by atoms with van der Waals surface area (Å²) in [7, 11) is 10.0. The summed E-state index contributed by atoms with van der Waals surface area (Å²) in [6.45, 7) is 17.8. The molecule has 0 heterocycles. The van der Waals surface area contributed by atoms with Crippen LogP contribution >= 0.6 is 0 Å². The second kappa shape index (κ2) is 116. The fraction of sp³-hybridized carbons (Fsp3) is 0.818. The van der Waals surface area contributed by atoms with E-state index >= 15 is 0 Å². The van der Waals surface area contributed by atoms with E-state index in [-0.39, 0.29) is 110 Å². The molecular weight excluding hydrogens is 973 g/mol. The van der Waals surface area contributed by atoms with Crippen molar-refractivity contribution in [3.63, 3.8) is 0 Å². The number of ether oxygens (including phenoxy) is 2. The van der Waals surface area contributed by atoms with Gasteiger partial charge in [-0.15, -0.1) is 0 Å². The topological polar surface area (TPSA) is 353 Å². The van der Waals surface area contributed by atoms with Crippen LogP contribution in [-0.4, -0.2) is 155 Å². The number of carbonyl (C=O) groups is 8. The van der Waals surface area contributed by atoms with Gasteiger partial charge >= 0.3 is 24.2 Å². The van der Waals surface area contributed by atoms with E-state index in [2.05, 4.69) is 79.7 Å². The van der Waals surface area contributed by atoms with E-state index in [4.69, 9.17) is 0 Å². The molecule has 0 radical (unpaired) electrons. The molecule has 25 nitrogen and oxygen atoms in total. The van der Waals surface area contributed by atoms with E-state index in [0.717, 1.165) is 6.26 Å². The first kappa shape index (κ1) is 138. The molecule has 0 saturated heterocycles. The molecule has 0 bridgehead atoms. The van der Waals surface area contributed by atoms with E-state index in [1.807, 2.05) is 20.8 Å². The van der Waals surface area contributed by atoms with Crippen molar-refractivity contribution < 1.29 is 69.5 Å². The monoisotopic (exact) mass is 1100 g/mol. The van der Waals surface area contributed by atoms with Crippen molar-refractivity contribution in [3.8, 4) is 0 Å². The first-order valence-electron chi connectivity index (χ1n) is 18.0. The average Bonchev–Trinajstić information content (AvgIpc) is 3.21. The maximum atomic E-state index is 10.2. The molecule has 0 aliphatic rings. The van der Waals surface area contributed by atoms with Crippen LogP contribution in [0.3, 0.4) is 0 Å². The van der Waals surface area contributed by atoms with Crippen molar-refractivity contribution in [1.29, 1.82) is 0 Å². The number of ketones is 2. The van der Waals surface area contributed by atoms with Gasteiger partial charge in [-0.25, -0.2) is 37.0 Å². The predicted molar refractivity (Wildman–Crippen MR) is 308 cm³/mol. The number of hydrogen-bond acceptors (Lipinski definition) is 16. The quantitative estimate of drug-likeness (QED) is 0.0724. The molecule has 71 heavy (non-hydrogen) atoms. The Balaban J connectivity index is -0.0000000202. The third-order valence-electron chi connectivity index (χ3n) is 4.01. The maximum absolute atomic E-state index is 10.2. The summed E-state index contributed by atoms with van der Waals surface area (Å²) in [6.07, 6.45) is 2.74. The van der Waals surface area contributed by atoms with Crippen LogP contribution in [0.1, 0.15) is 163 Å². The molecule has 10 N–H and O–H groups in total. The zero-order valence-corrected chi connectivity index (χ0v) is 42.4. The summed E-state index contributed by atoms with van der Waals surface area (Å²) in [6, 6.07) is -0.157. The van der Waals surface area contributed by atoms with Crippen molar-refractivity contribution in [1.82, 2.24) is 51.5 Å². The van der Waals surface area contributed by atoms with Crippen LogP contribution in [-0.2, 0) is 58.5 Å². The lowest BCUT2D eigenvalue weighted by Crippen LogP contribution is -2.30. The van der Waals surface area contributed by atoms with Gasteiger partial charge in [0.25, 0.3) is 10.2 Å². The standard InChI is InChI=1S/C4H10N2O2.C4H9NO.C4H8O.C3H8N2O.C3H7NO2.C3H7NO.C3H6O2.C3H6O.C3H8.C2H8N2O2S.C2H7NO2S.10CH4/c1-3-6-4(7)8-5-2;1-3-4(6)5-2;1-3-4(2)5;1-4-3(6)5-2;1-4-3(5)6-2;1-3(5)4-2;1-3(4)5-2;1-3(2)4;1-3-2;1-3-7(5,6)4-2;1-3-6(2,4)5;;;;;;;;;;/h5H,3H2,1-2H3,(H,6,7);3H2,1-2H3,(H,5,6);3H2,1-2H3;1-2H3,(H2,4,5,6);1-2H3,(H,4,5);1-2H3,(H,4,5);1-2H3;1-2H3;3H2,1-2H3;3-4H,1-2H3;3H,1-2H3;10*1H4. The molecule has 452 valence electrons. The van der Waals surface area contributed by atoms with Gasteiger partial charge in [-0.05, 0) is 34.7 Å². The third kappa shape index (κ3) is 327. The Morgan fingerprint density at radius 1 is 0.465 bits per heavy atom. The smallest absolute Gasteiger partial charge is 0.426 e. The minimum Gasteiger partial charge on any atom is -0.469 e. The molecule has 0 fully saturated rings. The van der Waals surface area contributed by atoms with Gasteiger partial charge in [0.2, 0.25) is 21.8 Å². The average molecular weight is 1100 g/mol. The number of esters is 1. The number of nitrogens with one attached hydrogen (secondary N) is 10. The zero-order chi connectivity index (χ0) is 51.6. The molecule has 0 unspecified atom stereocenters. The first-order chi connectivity index (χ1) is 27.9. The zero-order valence-electron chi connectivity index (χ0n) is 40.8. The molecule has 0 aromatic carbocycles. The van der Waals surface area contributed by atoms with Crippen LogP contribution in [0.15, 0.2) is 0 Å².